The van der Waals surface area contributed by atoms with Crippen LogP contribution in [0.5, 0.6) is 11.5 Å². The Balaban J connectivity index is 1.87. The standard InChI is InChI=1S/C20H20N2O5/c1-11-8-15(24)5-6-16(11)21-19(25)10-22-17-9-14(12(2)23)4-7-18(17)27-13(3)20(22)26/h4-9,13,24H,10H2,1-3H3,(H,21,25). The number of nitrogens with zero attached hydrogens (tertiary/aromatic N) is 1. The highest BCUT2D eigenvalue weighted by Crippen LogP contribution is 2.35. The molecule has 0 saturated carbocycles. The van der Waals surface area contributed by atoms with E-state index in [2.05, 4.69) is 5.32 Å². The summed E-state index contributed by atoms with van der Waals surface area (Å²) in [6.45, 7) is 4.58. The molecule has 2 aromatic carbocycles. The molecule has 140 valence electrons. The first kappa shape index (κ1) is 18.4. The van der Waals surface area contributed by atoms with E-state index in [1.165, 1.54) is 24.0 Å². The van der Waals surface area contributed by atoms with Gasteiger partial charge in [0, 0.05) is 11.3 Å². The minimum Gasteiger partial charge on any atom is -0.508 e. The highest BCUT2D eigenvalue weighted by Gasteiger charge is 2.33. The van der Waals surface area contributed by atoms with Gasteiger partial charge in [-0.3, -0.25) is 19.3 Å². The van der Waals surface area contributed by atoms with E-state index in [-0.39, 0.29) is 24.0 Å². The Morgan fingerprint density at radius 3 is 2.63 bits per heavy atom. The van der Waals surface area contributed by atoms with Gasteiger partial charge in [0.05, 0.1) is 5.69 Å². The molecule has 0 fully saturated rings. The lowest BCUT2D eigenvalue weighted by atomic mass is 10.1. The molecule has 1 heterocycles. The number of aromatic hydroxyl groups is 1. The molecule has 0 saturated heterocycles. The normalized spacial score (nSPS) is 15.7. The molecule has 7 nitrogen and oxygen atoms in total. The maximum atomic E-state index is 12.6. The number of carbonyl (C=O) groups is 3. The summed E-state index contributed by atoms with van der Waals surface area (Å²) in [7, 11) is 0. The number of Topliss-reactive ketones (excluding diaryl/α,β-unsaturated/α-hetero) is 1. The molecule has 3 rings (SSSR count). The van der Waals surface area contributed by atoms with Crippen LogP contribution in [0.1, 0.15) is 29.8 Å². The Bertz CT molecular complexity index is 938. The highest BCUT2D eigenvalue weighted by atomic mass is 16.5. The predicted molar refractivity (Wildman–Crippen MR) is 100 cm³/mol. The Morgan fingerprint density at radius 2 is 1.96 bits per heavy atom. The van der Waals surface area contributed by atoms with E-state index < -0.39 is 12.0 Å². The number of hydrogen-bond donors (Lipinski definition) is 2. The van der Waals surface area contributed by atoms with E-state index in [9.17, 15) is 19.5 Å². The summed E-state index contributed by atoms with van der Waals surface area (Å²) in [5.74, 6) is -0.353. The molecule has 27 heavy (non-hydrogen) atoms. The molecule has 0 aliphatic carbocycles. The second kappa shape index (κ2) is 7.11. The van der Waals surface area contributed by atoms with Gasteiger partial charge in [-0.1, -0.05) is 0 Å². The topological polar surface area (TPSA) is 95.9 Å². The van der Waals surface area contributed by atoms with E-state index in [1.54, 1.807) is 38.1 Å². The largest absolute Gasteiger partial charge is 0.508 e. The number of phenolic OH excluding ortho intramolecular Hbond substituents is 1. The van der Waals surface area contributed by atoms with Crippen LogP contribution in [0.15, 0.2) is 36.4 Å². The third-order valence-corrected chi connectivity index (χ3v) is 4.36. The van der Waals surface area contributed by atoms with Crippen molar-refractivity contribution in [1.29, 1.82) is 0 Å². The van der Waals surface area contributed by atoms with Gasteiger partial charge >= 0.3 is 0 Å². The first-order chi connectivity index (χ1) is 12.8. The molecule has 1 aliphatic heterocycles. The van der Waals surface area contributed by atoms with Gasteiger partial charge in [-0.05, 0) is 62.7 Å². The number of ether oxygens (including phenoxy) is 1. The summed E-state index contributed by atoms with van der Waals surface area (Å²) in [5, 5.41) is 12.2. The number of rotatable bonds is 4. The summed E-state index contributed by atoms with van der Waals surface area (Å²) in [4.78, 5) is 38.1. The van der Waals surface area contributed by atoms with Crippen LogP contribution in [0.3, 0.4) is 0 Å². The third kappa shape index (κ3) is 3.76. The van der Waals surface area contributed by atoms with Crippen molar-refractivity contribution in [2.75, 3.05) is 16.8 Å². The van der Waals surface area contributed by atoms with Crippen LogP contribution in [-0.2, 0) is 9.59 Å². The van der Waals surface area contributed by atoms with Gasteiger partial charge in [0.25, 0.3) is 5.91 Å². The van der Waals surface area contributed by atoms with Gasteiger partial charge in [0.1, 0.15) is 18.0 Å². The fraction of sp³-hybridized carbons (Fsp3) is 0.250. The summed E-state index contributed by atoms with van der Waals surface area (Å²) in [6, 6.07) is 9.41. The van der Waals surface area contributed by atoms with Crippen LogP contribution in [0.4, 0.5) is 11.4 Å². The lowest BCUT2D eigenvalue weighted by Gasteiger charge is -2.32. The number of aryl methyl sites for hydroxylation is 1. The van der Waals surface area contributed by atoms with E-state index in [1.807, 2.05) is 0 Å². The van der Waals surface area contributed by atoms with Crippen molar-refractivity contribution < 1.29 is 24.2 Å². The number of phenols is 1. The number of amides is 2. The van der Waals surface area contributed by atoms with Crippen molar-refractivity contribution >= 4 is 29.0 Å². The number of anilines is 2. The number of hydrogen-bond acceptors (Lipinski definition) is 5. The zero-order chi connectivity index (χ0) is 19.7. The fourth-order valence-electron chi connectivity index (χ4n) is 2.91. The number of benzene rings is 2. The zero-order valence-corrected chi connectivity index (χ0v) is 15.3. The van der Waals surface area contributed by atoms with E-state index >= 15 is 0 Å². The summed E-state index contributed by atoms with van der Waals surface area (Å²) < 4.78 is 5.58. The van der Waals surface area contributed by atoms with Crippen LogP contribution in [0.2, 0.25) is 0 Å². The summed E-state index contributed by atoms with van der Waals surface area (Å²) in [6.07, 6.45) is -0.733. The van der Waals surface area contributed by atoms with Crippen molar-refractivity contribution in [3.63, 3.8) is 0 Å². The van der Waals surface area contributed by atoms with Crippen molar-refractivity contribution in [3.05, 3.63) is 47.5 Å². The number of carbonyl (C=O) groups excluding carboxylic acids is 3. The van der Waals surface area contributed by atoms with Gasteiger partial charge in [0.15, 0.2) is 11.9 Å². The average molecular weight is 368 g/mol. The summed E-state index contributed by atoms with van der Waals surface area (Å²) in [5.41, 5.74) is 2.07. The number of nitrogens with one attached hydrogen (secondary N) is 1. The van der Waals surface area contributed by atoms with Crippen molar-refractivity contribution in [1.82, 2.24) is 0 Å². The van der Waals surface area contributed by atoms with Crippen molar-refractivity contribution in [2.45, 2.75) is 26.9 Å². The Morgan fingerprint density at radius 1 is 1.22 bits per heavy atom. The van der Waals surface area contributed by atoms with Gasteiger partial charge in [-0.2, -0.15) is 0 Å². The Labute approximate surface area is 156 Å². The van der Waals surface area contributed by atoms with E-state index in [0.717, 1.165) is 0 Å². The quantitative estimate of drug-likeness (QED) is 0.639. The number of fused-ring (bicyclic) bond motifs is 1. The number of ketones is 1. The SMILES string of the molecule is CC(=O)c1ccc2c(c1)N(CC(=O)Nc1ccc(O)cc1C)C(=O)C(C)O2. The van der Waals surface area contributed by atoms with Crippen LogP contribution < -0.4 is 15.0 Å². The maximum absolute atomic E-state index is 12.6. The van der Waals surface area contributed by atoms with Gasteiger partial charge in [-0.25, -0.2) is 0 Å². The van der Waals surface area contributed by atoms with Crippen molar-refractivity contribution in [3.8, 4) is 11.5 Å². The lowest BCUT2D eigenvalue weighted by Crippen LogP contribution is -2.47. The molecule has 0 spiro atoms. The second-order valence-electron chi connectivity index (χ2n) is 6.47. The molecule has 2 N–H and O–H groups in total. The molecule has 0 aromatic heterocycles. The Kier molecular flexibility index (Phi) is 4.85. The van der Waals surface area contributed by atoms with Crippen LogP contribution in [0.25, 0.3) is 0 Å². The molecule has 7 heteroatoms. The predicted octanol–water partition coefficient (Wildman–Crippen LogP) is 2.66. The van der Waals surface area contributed by atoms with E-state index in [0.29, 0.717) is 28.3 Å². The van der Waals surface area contributed by atoms with Gasteiger partial charge in [0.2, 0.25) is 5.91 Å². The molecule has 1 aliphatic rings. The molecule has 1 unspecified atom stereocenters. The minimum atomic E-state index is -0.733. The molecule has 0 bridgehead atoms. The van der Waals surface area contributed by atoms with E-state index in [4.69, 9.17) is 4.74 Å². The van der Waals surface area contributed by atoms with Crippen molar-refractivity contribution in [2.24, 2.45) is 0 Å². The third-order valence-electron chi connectivity index (χ3n) is 4.36. The monoisotopic (exact) mass is 368 g/mol. The first-order valence-electron chi connectivity index (χ1n) is 8.48. The van der Waals surface area contributed by atoms with Gasteiger partial charge in [-0.15, -0.1) is 0 Å². The molecule has 0 radical (unpaired) electrons. The minimum absolute atomic E-state index is 0.105. The molecule has 2 amide bonds. The zero-order valence-electron chi connectivity index (χ0n) is 15.3. The second-order valence-corrected chi connectivity index (χ2v) is 6.47. The maximum Gasteiger partial charge on any atom is 0.268 e. The lowest BCUT2D eigenvalue weighted by molar-refractivity contribution is -0.127. The smallest absolute Gasteiger partial charge is 0.268 e. The average Bonchev–Trinajstić information content (AvgIpc) is 2.61. The molecular weight excluding hydrogens is 348 g/mol. The van der Waals surface area contributed by atoms with Gasteiger partial charge < -0.3 is 15.2 Å². The molecular formula is C20H20N2O5. The fourth-order valence-corrected chi connectivity index (χ4v) is 2.91. The highest BCUT2D eigenvalue weighted by molar-refractivity contribution is 6.07. The summed E-state index contributed by atoms with van der Waals surface area (Å²) >= 11 is 0. The Hall–Kier alpha value is -3.35. The van der Waals surface area contributed by atoms with Crippen LogP contribution in [-0.4, -0.2) is 35.4 Å². The first-order valence-corrected chi connectivity index (χ1v) is 8.48. The molecule has 2 aromatic rings. The molecule has 1 atom stereocenters. The van der Waals surface area contributed by atoms with Crippen LogP contribution >= 0.6 is 0 Å². The van der Waals surface area contributed by atoms with Crippen LogP contribution in [0, 0.1) is 6.92 Å².